The average molecular weight is 441 g/mol. The first-order chi connectivity index (χ1) is 15.9. The first kappa shape index (κ1) is 21.8. The van der Waals surface area contributed by atoms with Crippen LogP contribution in [-0.4, -0.2) is 26.9 Å². The molecule has 0 saturated carbocycles. The van der Waals surface area contributed by atoms with Crippen molar-refractivity contribution in [3.8, 4) is 5.69 Å². The molecule has 0 aliphatic carbocycles. The maximum Gasteiger partial charge on any atom is 0.329 e. The zero-order chi connectivity index (χ0) is 23.5. The molecular formula is C25H23N5O3. The fourth-order valence-corrected chi connectivity index (χ4v) is 3.67. The zero-order valence-electron chi connectivity index (χ0n) is 18.5. The number of anilines is 1. The van der Waals surface area contributed by atoms with Crippen LogP contribution in [-0.2, 0) is 16.6 Å². The highest BCUT2D eigenvalue weighted by molar-refractivity contribution is 6.39. The van der Waals surface area contributed by atoms with Gasteiger partial charge in [-0.2, -0.15) is 5.10 Å². The van der Waals surface area contributed by atoms with Gasteiger partial charge in [0.05, 0.1) is 17.1 Å². The molecule has 166 valence electrons. The number of hydrogen-bond acceptors (Lipinski definition) is 4. The van der Waals surface area contributed by atoms with Gasteiger partial charge in [0.25, 0.3) is 5.56 Å². The molecule has 0 spiro atoms. The van der Waals surface area contributed by atoms with Crippen molar-refractivity contribution in [1.29, 1.82) is 0 Å². The van der Waals surface area contributed by atoms with Gasteiger partial charge in [0.15, 0.2) is 0 Å². The van der Waals surface area contributed by atoms with Gasteiger partial charge in [0.2, 0.25) is 0 Å². The lowest BCUT2D eigenvalue weighted by Gasteiger charge is -2.07. The minimum Gasteiger partial charge on any atom is -0.311 e. The van der Waals surface area contributed by atoms with Crippen LogP contribution in [0.15, 0.2) is 82.7 Å². The number of benzene rings is 3. The van der Waals surface area contributed by atoms with Gasteiger partial charge < -0.3 is 5.32 Å². The van der Waals surface area contributed by atoms with Gasteiger partial charge in [-0.1, -0.05) is 60.7 Å². The second kappa shape index (κ2) is 8.96. The number of hydrazone groups is 1. The molecule has 33 heavy (non-hydrogen) atoms. The van der Waals surface area contributed by atoms with Gasteiger partial charge in [-0.25, -0.2) is 10.1 Å². The fraction of sp³-hybridized carbons (Fsp3) is 0.120. The van der Waals surface area contributed by atoms with E-state index in [1.165, 1.54) is 4.68 Å². The van der Waals surface area contributed by atoms with Crippen molar-refractivity contribution in [2.75, 3.05) is 5.32 Å². The average Bonchev–Trinajstić information content (AvgIpc) is 3.05. The monoisotopic (exact) mass is 441 g/mol. The molecule has 1 aromatic heterocycles. The van der Waals surface area contributed by atoms with E-state index < -0.39 is 17.4 Å². The second-order valence-electron chi connectivity index (χ2n) is 7.56. The SMILES string of the molecule is CC(=NNC(=O)C(=O)Nc1c(C)n(C)n(-c2ccccc2)c1=O)c1cccc2ccccc12. The quantitative estimate of drug-likeness (QED) is 0.289. The molecule has 0 fully saturated rings. The molecule has 4 rings (SSSR count). The zero-order valence-corrected chi connectivity index (χ0v) is 18.5. The molecule has 0 radical (unpaired) electrons. The Morgan fingerprint density at radius 1 is 0.879 bits per heavy atom. The Labute approximate surface area is 190 Å². The molecule has 8 nitrogen and oxygen atoms in total. The number of fused-ring (bicyclic) bond motifs is 1. The van der Waals surface area contributed by atoms with Gasteiger partial charge in [0, 0.05) is 12.6 Å². The third-order valence-electron chi connectivity index (χ3n) is 5.50. The van der Waals surface area contributed by atoms with Crippen LogP contribution in [0.25, 0.3) is 16.5 Å². The molecule has 1 heterocycles. The van der Waals surface area contributed by atoms with Crippen LogP contribution in [0.3, 0.4) is 0 Å². The molecule has 0 aliphatic rings. The van der Waals surface area contributed by atoms with Crippen molar-refractivity contribution >= 4 is 34.0 Å². The van der Waals surface area contributed by atoms with Crippen molar-refractivity contribution < 1.29 is 9.59 Å². The van der Waals surface area contributed by atoms with Crippen molar-refractivity contribution in [3.05, 3.63) is 94.4 Å². The summed E-state index contributed by atoms with van der Waals surface area (Å²) in [6, 6.07) is 22.6. The molecule has 8 heteroatoms. The van der Waals surface area contributed by atoms with E-state index in [1.807, 2.05) is 60.7 Å². The molecule has 2 N–H and O–H groups in total. The van der Waals surface area contributed by atoms with Crippen molar-refractivity contribution in [1.82, 2.24) is 14.8 Å². The van der Waals surface area contributed by atoms with E-state index in [9.17, 15) is 14.4 Å². The summed E-state index contributed by atoms with van der Waals surface area (Å²) in [6.07, 6.45) is 0. The molecular weight excluding hydrogens is 418 g/mol. The third-order valence-corrected chi connectivity index (χ3v) is 5.50. The summed E-state index contributed by atoms with van der Waals surface area (Å²) in [4.78, 5) is 37.8. The van der Waals surface area contributed by atoms with E-state index in [-0.39, 0.29) is 5.69 Å². The number of nitrogens with zero attached hydrogens (tertiary/aromatic N) is 3. The summed E-state index contributed by atoms with van der Waals surface area (Å²) in [5.74, 6) is -1.95. The van der Waals surface area contributed by atoms with Gasteiger partial charge >= 0.3 is 11.8 Å². The number of aromatic nitrogens is 2. The van der Waals surface area contributed by atoms with E-state index in [0.717, 1.165) is 16.3 Å². The first-order valence-electron chi connectivity index (χ1n) is 10.4. The Balaban J connectivity index is 1.53. The number of amides is 2. The van der Waals surface area contributed by atoms with Crippen LogP contribution in [0.1, 0.15) is 18.2 Å². The lowest BCUT2D eigenvalue weighted by atomic mass is 10.0. The highest BCUT2D eigenvalue weighted by Crippen LogP contribution is 2.19. The van der Waals surface area contributed by atoms with E-state index in [1.54, 1.807) is 37.7 Å². The van der Waals surface area contributed by atoms with Gasteiger partial charge in [0.1, 0.15) is 5.69 Å². The Kier molecular flexibility index (Phi) is 5.91. The normalized spacial score (nSPS) is 11.4. The predicted molar refractivity (Wildman–Crippen MR) is 129 cm³/mol. The summed E-state index contributed by atoms with van der Waals surface area (Å²) in [5.41, 5.74) is 4.44. The Morgan fingerprint density at radius 3 is 2.30 bits per heavy atom. The van der Waals surface area contributed by atoms with E-state index in [4.69, 9.17) is 0 Å². The predicted octanol–water partition coefficient (Wildman–Crippen LogP) is 3.12. The van der Waals surface area contributed by atoms with Crippen molar-refractivity contribution in [2.45, 2.75) is 13.8 Å². The summed E-state index contributed by atoms with van der Waals surface area (Å²) in [7, 11) is 1.71. The van der Waals surface area contributed by atoms with Gasteiger partial charge in [-0.3, -0.25) is 19.1 Å². The molecule has 0 saturated heterocycles. The van der Waals surface area contributed by atoms with Crippen LogP contribution in [0, 0.1) is 6.92 Å². The Morgan fingerprint density at radius 2 is 1.55 bits per heavy atom. The molecule has 4 aromatic rings. The van der Waals surface area contributed by atoms with Crippen LogP contribution in [0.4, 0.5) is 5.69 Å². The Hall–Kier alpha value is -4.46. The smallest absolute Gasteiger partial charge is 0.311 e. The topological polar surface area (TPSA) is 97.5 Å². The van der Waals surface area contributed by atoms with Crippen LogP contribution in [0.2, 0.25) is 0 Å². The number of carbonyl (C=O) groups excluding carboxylic acids is 2. The fourth-order valence-electron chi connectivity index (χ4n) is 3.67. The molecule has 0 aliphatic heterocycles. The van der Waals surface area contributed by atoms with Crippen LogP contribution >= 0.6 is 0 Å². The number of carbonyl (C=O) groups is 2. The summed E-state index contributed by atoms with van der Waals surface area (Å²) >= 11 is 0. The molecule has 0 unspecified atom stereocenters. The highest BCUT2D eigenvalue weighted by Gasteiger charge is 2.21. The third kappa shape index (κ3) is 4.18. The Bertz CT molecular complexity index is 1440. The molecule has 0 atom stereocenters. The maximum atomic E-state index is 12.9. The van der Waals surface area contributed by atoms with E-state index >= 15 is 0 Å². The molecule has 0 bridgehead atoms. The number of para-hydroxylation sites is 1. The second-order valence-corrected chi connectivity index (χ2v) is 7.56. The standard InChI is InChI=1S/C25H23N5O3/c1-16(20-15-9-11-18-10-7-8-14-21(18)20)27-28-24(32)23(31)26-22-17(2)29(3)30(25(22)33)19-12-5-4-6-13-19/h4-15H,1-3H3,(H,26,31)(H,28,32). The minimum atomic E-state index is -0.976. The summed E-state index contributed by atoms with van der Waals surface area (Å²) in [6.45, 7) is 3.44. The van der Waals surface area contributed by atoms with E-state index in [0.29, 0.717) is 17.1 Å². The molecule has 3 aromatic carbocycles. The number of nitrogens with one attached hydrogen (secondary N) is 2. The lowest BCUT2D eigenvalue weighted by molar-refractivity contribution is -0.136. The molecule has 2 amide bonds. The number of rotatable bonds is 4. The lowest BCUT2D eigenvalue weighted by Crippen LogP contribution is -2.34. The van der Waals surface area contributed by atoms with Crippen molar-refractivity contribution in [3.63, 3.8) is 0 Å². The van der Waals surface area contributed by atoms with Crippen LogP contribution in [0.5, 0.6) is 0 Å². The van der Waals surface area contributed by atoms with Gasteiger partial charge in [-0.15, -0.1) is 0 Å². The highest BCUT2D eigenvalue weighted by atomic mass is 16.2. The van der Waals surface area contributed by atoms with Gasteiger partial charge in [-0.05, 0) is 36.8 Å². The largest absolute Gasteiger partial charge is 0.329 e. The summed E-state index contributed by atoms with van der Waals surface area (Å²) in [5, 5.41) is 8.55. The minimum absolute atomic E-state index is 0.0382. The van der Waals surface area contributed by atoms with Crippen LogP contribution < -0.4 is 16.3 Å². The van der Waals surface area contributed by atoms with Crippen molar-refractivity contribution in [2.24, 2.45) is 12.1 Å². The number of hydrogen-bond donors (Lipinski definition) is 2. The first-order valence-corrected chi connectivity index (χ1v) is 10.4. The van der Waals surface area contributed by atoms with E-state index in [2.05, 4.69) is 15.8 Å². The maximum absolute atomic E-state index is 12.9. The summed E-state index contributed by atoms with van der Waals surface area (Å²) < 4.78 is 3.04.